The minimum absolute atomic E-state index is 0.704. The van der Waals surface area contributed by atoms with Crippen LogP contribution in [0.1, 0.15) is 20.8 Å². The number of aliphatic hydroxyl groups is 11. The van der Waals surface area contributed by atoms with Gasteiger partial charge in [0.25, 0.3) is 0 Å². The number of amides is 1. The van der Waals surface area contributed by atoms with E-state index in [1.165, 1.54) is 13.8 Å². The van der Waals surface area contributed by atoms with Crippen LogP contribution in [0.5, 0.6) is 0 Å². The fraction of sp³-hybridized carbons (Fsp3) is 0.962. The van der Waals surface area contributed by atoms with Gasteiger partial charge in [-0.05, 0) is 13.8 Å². The van der Waals surface area contributed by atoms with E-state index in [2.05, 4.69) is 5.32 Å². The number of rotatable bonds is 9. The van der Waals surface area contributed by atoms with Gasteiger partial charge in [-0.1, -0.05) is 0 Å². The fourth-order valence-corrected chi connectivity index (χ4v) is 5.81. The van der Waals surface area contributed by atoms with Gasteiger partial charge < -0.3 is 94.6 Å². The van der Waals surface area contributed by atoms with Crippen LogP contribution >= 0.6 is 0 Å². The standard InChI is InChI=1S/C26H45NO19/c1-6-12(31)15(34)18(37)24(40-6)44-20-10(5-29)42-23(39)11(27-8(3)30)21(20)45-26-22(17(36)14(33)9(4-28)43-26)46-25-19(38)16(35)13(32)7(2)41-25/h6-7,9-26,28-29,31-39H,4-5H2,1-3H3,(H,27,30)/t6-,7-,9-,10-,11-,12+,13+,14+,15+,16+,17+,18-,19-,20-,21-,22-,23-,24-,25-,26+/m1/s1. The minimum atomic E-state index is -1.93. The van der Waals surface area contributed by atoms with E-state index in [9.17, 15) is 61.0 Å². The van der Waals surface area contributed by atoms with Crippen molar-refractivity contribution >= 4 is 5.91 Å². The SMILES string of the molecule is CC(=O)N[C@@H]1[C@@H](O[C@@H]2O[C@H](CO)[C@H](O)[C@H](O)[C@H]2O[C@H]2O[C@H](C)[C@H](O)[C@H](O)[C@H]2O)[C@H](O[C@H]2O[C@H](C)[C@H](O)[C@H](O)[C@H]2O)[C@@H](CO)O[C@H]1O. The van der Waals surface area contributed by atoms with E-state index in [0.717, 1.165) is 6.92 Å². The maximum absolute atomic E-state index is 12.2. The number of aliphatic hydroxyl groups excluding tert-OH is 11. The number of carbonyl (C=O) groups excluding carboxylic acids is 1. The van der Waals surface area contributed by atoms with E-state index in [1.807, 2.05) is 0 Å². The lowest BCUT2D eigenvalue weighted by Gasteiger charge is -2.50. The maximum atomic E-state index is 12.2. The molecule has 0 aromatic rings. The van der Waals surface area contributed by atoms with Crippen molar-refractivity contribution in [1.82, 2.24) is 5.32 Å². The Morgan fingerprint density at radius 2 is 1.04 bits per heavy atom. The zero-order valence-electron chi connectivity index (χ0n) is 25.1. The van der Waals surface area contributed by atoms with Gasteiger partial charge in [-0.15, -0.1) is 0 Å². The van der Waals surface area contributed by atoms with Crippen molar-refractivity contribution in [3.05, 3.63) is 0 Å². The van der Waals surface area contributed by atoms with Crippen LogP contribution in [-0.4, -0.2) is 198 Å². The summed E-state index contributed by atoms with van der Waals surface area (Å²) in [6.45, 7) is 2.15. The Balaban J connectivity index is 1.69. The zero-order chi connectivity index (χ0) is 34.2. The molecule has 4 fully saturated rings. The number of ether oxygens (including phenoxy) is 7. The van der Waals surface area contributed by atoms with Crippen LogP contribution in [-0.2, 0) is 38.0 Å². The van der Waals surface area contributed by atoms with Gasteiger partial charge in [-0.3, -0.25) is 4.79 Å². The molecule has 0 radical (unpaired) electrons. The molecule has 46 heavy (non-hydrogen) atoms. The molecule has 12 N–H and O–H groups in total. The van der Waals surface area contributed by atoms with Gasteiger partial charge in [0.1, 0.15) is 85.4 Å². The summed E-state index contributed by atoms with van der Waals surface area (Å²) in [5.41, 5.74) is 0. The number of nitrogens with one attached hydrogen (secondary N) is 1. The second-order valence-electron chi connectivity index (χ2n) is 11.8. The van der Waals surface area contributed by atoms with Crippen molar-refractivity contribution < 1.29 is 94.1 Å². The van der Waals surface area contributed by atoms with Gasteiger partial charge in [0, 0.05) is 6.92 Å². The molecule has 0 aliphatic carbocycles. The van der Waals surface area contributed by atoms with Gasteiger partial charge in [-0.2, -0.15) is 0 Å². The predicted octanol–water partition coefficient (Wildman–Crippen LogP) is -7.55. The van der Waals surface area contributed by atoms with Crippen molar-refractivity contribution in [3.63, 3.8) is 0 Å². The Morgan fingerprint density at radius 3 is 1.52 bits per heavy atom. The molecule has 4 heterocycles. The summed E-state index contributed by atoms with van der Waals surface area (Å²) >= 11 is 0. The van der Waals surface area contributed by atoms with Crippen LogP contribution in [0, 0.1) is 0 Å². The first kappa shape index (κ1) is 37.6. The lowest BCUT2D eigenvalue weighted by molar-refractivity contribution is -0.390. The van der Waals surface area contributed by atoms with Crippen molar-refractivity contribution in [3.8, 4) is 0 Å². The van der Waals surface area contributed by atoms with Gasteiger partial charge in [0.05, 0.1) is 25.4 Å². The lowest BCUT2D eigenvalue weighted by atomic mass is 9.94. The Morgan fingerprint density at radius 1 is 0.565 bits per heavy atom. The molecule has 0 aromatic carbocycles. The Hall–Kier alpha value is -1.25. The molecule has 1 amide bonds. The van der Waals surface area contributed by atoms with E-state index >= 15 is 0 Å². The summed E-state index contributed by atoms with van der Waals surface area (Å²) in [5, 5.41) is 117. The summed E-state index contributed by atoms with van der Waals surface area (Å²) < 4.78 is 39.8. The molecule has 0 saturated carbocycles. The highest BCUT2D eigenvalue weighted by Crippen LogP contribution is 2.35. The summed E-state index contributed by atoms with van der Waals surface area (Å²) in [6.07, 6.45) is -31.2. The summed E-state index contributed by atoms with van der Waals surface area (Å²) in [5.74, 6) is -0.704. The molecule has 4 saturated heterocycles. The Labute approximate surface area is 262 Å². The summed E-state index contributed by atoms with van der Waals surface area (Å²) in [6, 6.07) is -1.53. The van der Waals surface area contributed by atoms with Crippen molar-refractivity contribution in [2.24, 2.45) is 0 Å². The molecular formula is C26H45NO19. The number of hydrogen-bond acceptors (Lipinski definition) is 19. The van der Waals surface area contributed by atoms with Gasteiger partial charge in [0.2, 0.25) is 5.91 Å². The quantitative estimate of drug-likeness (QED) is 0.108. The number of hydrogen-bond donors (Lipinski definition) is 12. The van der Waals surface area contributed by atoms with E-state index in [-0.39, 0.29) is 0 Å². The third-order valence-corrected chi connectivity index (χ3v) is 8.53. The molecule has 4 rings (SSSR count). The van der Waals surface area contributed by atoms with Crippen LogP contribution < -0.4 is 5.32 Å². The first-order chi connectivity index (χ1) is 21.6. The molecule has 0 spiro atoms. The molecule has 268 valence electrons. The zero-order valence-corrected chi connectivity index (χ0v) is 25.1. The van der Waals surface area contributed by atoms with Crippen LogP contribution in [0.2, 0.25) is 0 Å². The molecule has 20 atom stereocenters. The second kappa shape index (κ2) is 15.5. The number of carbonyl (C=O) groups is 1. The molecule has 0 aromatic heterocycles. The van der Waals surface area contributed by atoms with E-state index in [0.29, 0.717) is 0 Å². The third kappa shape index (κ3) is 7.64. The van der Waals surface area contributed by atoms with E-state index in [4.69, 9.17) is 33.2 Å². The Kier molecular flexibility index (Phi) is 12.7. The fourth-order valence-electron chi connectivity index (χ4n) is 5.81. The topological polar surface area (TPSA) is 316 Å². The monoisotopic (exact) mass is 675 g/mol. The smallest absolute Gasteiger partial charge is 0.217 e. The maximum Gasteiger partial charge on any atom is 0.217 e. The molecular weight excluding hydrogens is 630 g/mol. The third-order valence-electron chi connectivity index (χ3n) is 8.53. The highest BCUT2D eigenvalue weighted by Gasteiger charge is 2.56. The molecule has 0 bridgehead atoms. The average Bonchev–Trinajstić information content (AvgIpc) is 3.01. The highest BCUT2D eigenvalue weighted by molar-refractivity contribution is 5.73. The van der Waals surface area contributed by atoms with Gasteiger partial charge in [0.15, 0.2) is 25.2 Å². The van der Waals surface area contributed by atoms with Crippen molar-refractivity contribution in [2.45, 2.75) is 144 Å². The van der Waals surface area contributed by atoms with E-state index < -0.39 is 142 Å². The van der Waals surface area contributed by atoms with Crippen LogP contribution in [0.4, 0.5) is 0 Å². The molecule has 20 nitrogen and oxygen atoms in total. The first-order valence-electron chi connectivity index (χ1n) is 14.8. The lowest BCUT2D eigenvalue weighted by Crippen LogP contribution is -2.70. The first-order valence-corrected chi connectivity index (χ1v) is 14.8. The van der Waals surface area contributed by atoms with Crippen molar-refractivity contribution in [1.29, 1.82) is 0 Å². The largest absolute Gasteiger partial charge is 0.394 e. The molecule has 20 heteroatoms. The van der Waals surface area contributed by atoms with Gasteiger partial charge >= 0.3 is 0 Å². The molecule has 0 unspecified atom stereocenters. The van der Waals surface area contributed by atoms with Crippen LogP contribution in [0.3, 0.4) is 0 Å². The summed E-state index contributed by atoms with van der Waals surface area (Å²) in [4.78, 5) is 12.2. The predicted molar refractivity (Wildman–Crippen MR) is 143 cm³/mol. The molecule has 4 aliphatic rings. The van der Waals surface area contributed by atoms with Crippen LogP contribution in [0.15, 0.2) is 0 Å². The normalized spacial score (nSPS) is 51.9. The van der Waals surface area contributed by atoms with E-state index in [1.54, 1.807) is 0 Å². The second-order valence-corrected chi connectivity index (χ2v) is 11.8. The Bertz CT molecular complexity index is 997. The average molecular weight is 676 g/mol. The van der Waals surface area contributed by atoms with Crippen molar-refractivity contribution in [2.75, 3.05) is 13.2 Å². The minimum Gasteiger partial charge on any atom is -0.394 e. The van der Waals surface area contributed by atoms with Gasteiger partial charge in [-0.25, -0.2) is 0 Å². The van der Waals surface area contributed by atoms with Crippen LogP contribution in [0.25, 0.3) is 0 Å². The summed E-state index contributed by atoms with van der Waals surface area (Å²) in [7, 11) is 0. The highest BCUT2D eigenvalue weighted by atomic mass is 16.8. The molecule has 4 aliphatic heterocycles.